The lowest BCUT2D eigenvalue weighted by atomic mass is 10.1. The average Bonchev–Trinajstić information content (AvgIpc) is 2.91. The smallest absolute Gasteiger partial charge is 0.333 e. The molecule has 3 atom stereocenters. The van der Waals surface area contributed by atoms with E-state index in [-0.39, 0.29) is 44.2 Å². The average molecular weight is 566 g/mol. The van der Waals surface area contributed by atoms with Gasteiger partial charge in [0, 0.05) is 17.9 Å². The Bertz CT molecular complexity index is 1010. The van der Waals surface area contributed by atoms with Crippen molar-refractivity contribution in [2.24, 2.45) is 5.73 Å². The lowest BCUT2D eigenvalue weighted by Crippen LogP contribution is -2.50. The maximum atomic E-state index is 13.3. The minimum Gasteiger partial charge on any atom is -0.465 e. The van der Waals surface area contributed by atoms with Crippen LogP contribution in [0.25, 0.3) is 0 Å². The zero-order chi connectivity index (χ0) is 27.0. The van der Waals surface area contributed by atoms with E-state index in [0.717, 1.165) is 5.56 Å². The predicted octanol–water partition coefficient (Wildman–Crippen LogP) is 2.92. The van der Waals surface area contributed by atoms with Crippen LogP contribution in [-0.4, -0.2) is 54.8 Å². The van der Waals surface area contributed by atoms with Crippen molar-refractivity contribution in [3.8, 4) is 0 Å². The van der Waals surface area contributed by atoms with Gasteiger partial charge in [-0.3, -0.25) is 14.4 Å². The second-order valence-electron chi connectivity index (χ2n) is 8.12. The second kappa shape index (κ2) is 18.2. The number of ether oxygens (including phenoxy) is 2. The Balaban J connectivity index is 0.00000722. The molecule has 11 heteroatoms. The van der Waals surface area contributed by atoms with Crippen molar-refractivity contribution in [2.75, 3.05) is 19.0 Å². The molecule has 2 amide bonds. The number of halogens is 1. The molecule has 0 bridgehead atoms. The van der Waals surface area contributed by atoms with E-state index >= 15 is 0 Å². The summed E-state index contributed by atoms with van der Waals surface area (Å²) in [6.45, 7) is 3.72. The summed E-state index contributed by atoms with van der Waals surface area (Å²) in [6.07, 6.45) is 0.0126. The fourth-order valence-electron chi connectivity index (χ4n) is 3.36. The van der Waals surface area contributed by atoms with Crippen LogP contribution in [0.3, 0.4) is 0 Å². The van der Waals surface area contributed by atoms with Gasteiger partial charge in [-0.1, -0.05) is 60.7 Å². The molecule has 0 unspecified atom stereocenters. The largest absolute Gasteiger partial charge is 0.465 e. The van der Waals surface area contributed by atoms with Crippen LogP contribution in [0.4, 0.5) is 0 Å². The van der Waals surface area contributed by atoms with Crippen LogP contribution < -0.4 is 16.4 Å². The van der Waals surface area contributed by atoms with Gasteiger partial charge in [-0.15, -0.1) is 12.4 Å². The molecule has 9 nitrogen and oxygen atoms in total. The lowest BCUT2D eigenvalue weighted by molar-refractivity contribution is -0.147. The first kappa shape index (κ1) is 32.9. The summed E-state index contributed by atoms with van der Waals surface area (Å²) in [5.74, 6) is -1.24. The highest BCUT2D eigenvalue weighted by molar-refractivity contribution is 7.98. The SMILES string of the molecule is CCOC(=O)[C@@H](NC(=O)[C@H](CSCc1ccccc1)NC(=O)CC[C@H](N)C(=O)OCC)c1ccccc1.Cl. The topological polar surface area (TPSA) is 137 Å². The minimum absolute atomic E-state index is 0. The minimum atomic E-state index is -1.02. The predicted molar refractivity (Wildman–Crippen MR) is 150 cm³/mol. The highest BCUT2D eigenvalue weighted by Crippen LogP contribution is 2.17. The van der Waals surface area contributed by atoms with E-state index in [1.165, 1.54) is 11.8 Å². The van der Waals surface area contributed by atoms with Crippen molar-refractivity contribution < 1.29 is 28.7 Å². The van der Waals surface area contributed by atoms with Gasteiger partial charge in [0.2, 0.25) is 11.8 Å². The van der Waals surface area contributed by atoms with E-state index < -0.39 is 41.9 Å². The summed E-state index contributed by atoms with van der Waals surface area (Å²) < 4.78 is 10.0. The van der Waals surface area contributed by atoms with Crippen LogP contribution in [0.5, 0.6) is 0 Å². The van der Waals surface area contributed by atoms with Crippen LogP contribution in [0.2, 0.25) is 0 Å². The van der Waals surface area contributed by atoms with Crippen molar-refractivity contribution in [3.63, 3.8) is 0 Å². The number of amides is 2. The third-order valence-corrected chi connectivity index (χ3v) is 6.37. The summed E-state index contributed by atoms with van der Waals surface area (Å²) in [5, 5.41) is 5.46. The molecule has 0 saturated heterocycles. The molecule has 0 radical (unpaired) electrons. The Hall–Kier alpha value is -3.08. The fraction of sp³-hybridized carbons (Fsp3) is 0.407. The molecule has 0 fully saturated rings. The molecule has 2 aromatic rings. The van der Waals surface area contributed by atoms with Gasteiger partial charge in [0.15, 0.2) is 6.04 Å². The molecule has 0 heterocycles. The molecular weight excluding hydrogens is 530 g/mol. The third kappa shape index (κ3) is 11.5. The highest BCUT2D eigenvalue weighted by atomic mass is 35.5. The first-order valence-electron chi connectivity index (χ1n) is 12.2. The van der Waals surface area contributed by atoms with Gasteiger partial charge in [-0.2, -0.15) is 11.8 Å². The van der Waals surface area contributed by atoms with Crippen molar-refractivity contribution in [1.82, 2.24) is 10.6 Å². The Morgan fingerprint density at radius 3 is 2.05 bits per heavy atom. The van der Waals surface area contributed by atoms with Crippen LogP contribution in [0.15, 0.2) is 60.7 Å². The second-order valence-corrected chi connectivity index (χ2v) is 9.15. The molecule has 4 N–H and O–H groups in total. The van der Waals surface area contributed by atoms with Crippen molar-refractivity contribution >= 4 is 47.9 Å². The number of rotatable bonds is 15. The molecule has 0 saturated carbocycles. The van der Waals surface area contributed by atoms with Gasteiger partial charge < -0.3 is 25.8 Å². The quantitative estimate of drug-likeness (QED) is 0.280. The van der Waals surface area contributed by atoms with Gasteiger partial charge in [0.1, 0.15) is 12.1 Å². The van der Waals surface area contributed by atoms with E-state index in [9.17, 15) is 19.2 Å². The van der Waals surface area contributed by atoms with Crippen molar-refractivity contribution in [2.45, 2.75) is 50.6 Å². The number of hydrogen-bond acceptors (Lipinski definition) is 8. The van der Waals surface area contributed by atoms with Gasteiger partial charge in [0.05, 0.1) is 13.2 Å². The molecule has 0 aliphatic heterocycles. The standard InChI is InChI=1S/C27H35N3O6S.ClH/c1-3-35-26(33)21(28)15-16-23(31)29-22(18-37-17-19-11-7-5-8-12-19)25(32)30-24(27(34)36-4-2)20-13-9-6-10-14-20;/h5-14,21-22,24H,3-4,15-18,28H2,1-2H3,(H,29,31)(H,30,32);1H/t21-,22-,24-;/m0./s1. The molecule has 0 aliphatic rings. The molecule has 0 aliphatic carbocycles. The Kier molecular flexibility index (Phi) is 15.8. The number of nitrogens with one attached hydrogen (secondary N) is 2. The van der Waals surface area contributed by atoms with E-state index in [1.807, 2.05) is 30.3 Å². The zero-order valence-corrected chi connectivity index (χ0v) is 23.2. The fourth-order valence-corrected chi connectivity index (χ4v) is 4.38. The molecule has 0 spiro atoms. The number of benzene rings is 2. The van der Waals surface area contributed by atoms with Crippen molar-refractivity contribution in [1.29, 1.82) is 0 Å². The van der Waals surface area contributed by atoms with Crippen molar-refractivity contribution in [3.05, 3.63) is 71.8 Å². The third-order valence-electron chi connectivity index (χ3n) is 5.26. The Labute approximate surface area is 234 Å². The summed E-state index contributed by atoms with van der Waals surface area (Å²) in [4.78, 5) is 50.3. The first-order valence-corrected chi connectivity index (χ1v) is 13.4. The highest BCUT2D eigenvalue weighted by Gasteiger charge is 2.29. The molecule has 208 valence electrons. The Morgan fingerprint density at radius 1 is 0.868 bits per heavy atom. The van der Waals surface area contributed by atoms with Gasteiger partial charge in [0.25, 0.3) is 0 Å². The Morgan fingerprint density at radius 2 is 1.45 bits per heavy atom. The number of esters is 2. The first-order chi connectivity index (χ1) is 17.8. The number of nitrogens with two attached hydrogens (primary N) is 1. The molecule has 0 aromatic heterocycles. The summed E-state index contributed by atoms with van der Waals surface area (Å²) in [5.41, 5.74) is 7.43. The maximum absolute atomic E-state index is 13.3. The number of hydrogen-bond donors (Lipinski definition) is 3. The number of carbonyl (C=O) groups excluding carboxylic acids is 4. The zero-order valence-electron chi connectivity index (χ0n) is 21.6. The molecular formula is C27H36ClN3O6S. The van der Waals surface area contributed by atoms with Gasteiger partial charge in [-0.05, 0) is 31.4 Å². The molecule has 2 aromatic carbocycles. The number of thioether (sulfide) groups is 1. The van der Waals surface area contributed by atoms with E-state index in [4.69, 9.17) is 15.2 Å². The van der Waals surface area contributed by atoms with Crippen LogP contribution in [0.1, 0.15) is 43.9 Å². The van der Waals surface area contributed by atoms with Gasteiger partial charge >= 0.3 is 11.9 Å². The van der Waals surface area contributed by atoms with E-state index in [2.05, 4.69) is 10.6 Å². The van der Waals surface area contributed by atoms with Gasteiger partial charge in [-0.25, -0.2) is 4.79 Å². The summed E-state index contributed by atoms with van der Waals surface area (Å²) >= 11 is 1.47. The normalized spacial score (nSPS) is 12.7. The molecule has 2 rings (SSSR count). The molecule has 38 heavy (non-hydrogen) atoms. The maximum Gasteiger partial charge on any atom is 0.333 e. The summed E-state index contributed by atoms with van der Waals surface area (Å²) in [6, 6.07) is 15.6. The monoisotopic (exact) mass is 565 g/mol. The van der Waals surface area contributed by atoms with E-state index in [0.29, 0.717) is 11.3 Å². The summed E-state index contributed by atoms with van der Waals surface area (Å²) in [7, 11) is 0. The number of carbonyl (C=O) groups is 4. The van der Waals surface area contributed by atoms with Crippen LogP contribution in [-0.2, 0) is 34.4 Å². The van der Waals surface area contributed by atoms with Crippen LogP contribution in [0, 0.1) is 0 Å². The lowest BCUT2D eigenvalue weighted by Gasteiger charge is -2.23. The van der Waals surface area contributed by atoms with Crippen LogP contribution >= 0.6 is 24.2 Å². The van der Waals surface area contributed by atoms with E-state index in [1.54, 1.807) is 44.2 Å².